The molecule has 0 amide bonds. The molecule has 2 aromatic carbocycles. The number of aromatic nitrogens is 4. The average Bonchev–Trinajstić information content (AvgIpc) is 3.17. The predicted molar refractivity (Wildman–Crippen MR) is 85.3 cm³/mol. The highest BCUT2D eigenvalue weighted by molar-refractivity contribution is 6.11. The van der Waals surface area contributed by atoms with Gasteiger partial charge >= 0.3 is 0 Å². The van der Waals surface area contributed by atoms with E-state index in [1.165, 1.54) is 29.1 Å². The van der Waals surface area contributed by atoms with Gasteiger partial charge in [-0.15, -0.1) is 0 Å². The molecule has 0 fully saturated rings. The highest BCUT2D eigenvalue weighted by atomic mass is 19.1. The van der Waals surface area contributed by atoms with Crippen LogP contribution in [-0.4, -0.2) is 25.8 Å². The van der Waals surface area contributed by atoms with Crippen LogP contribution < -0.4 is 0 Å². The molecule has 2 aromatic heterocycles. The van der Waals surface area contributed by atoms with Crippen molar-refractivity contribution in [3.8, 4) is 11.3 Å². The largest absolute Gasteiger partial charge is 0.275 e. The normalized spacial score (nSPS) is 12.8. The molecule has 0 saturated heterocycles. The molecule has 5 rings (SSSR count). The van der Waals surface area contributed by atoms with Gasteiger partial charge in [0, 0.05) is 10.9 Å². The molecule has 0 radical (unpaired) electrons. The van der Waals surface area contributed by atoms with E-state index in [2.05, 4.69) is 20.3 Å². The van der Waals surface area contributed by atoms with Crippen LogP contribution in [0, 0.1) is 11.6 Å². The summed E-state index contributed by atoms with van der Waals surface area (Å²) in [4.78, 5) is 4.45. The van der Waals surface area contributed by atoms with E-state index in [9.17, 15) is 8.78 Å². The van der Waals surface area contributed by atoms with Crippen LogP contribution in [0.15, 0.2) is 53.8 Å². The molecule has 0 saturated carbocycles. The van der Waals surface area contributed by atoms with Gasteiger partial charge in [0.1, 0.15) is 17.3 Å². The lowest BCUT2D eigenvalue weighted by Gasteiger charge is -2.09. The maximum atomic E-state index is 14.3. The zero-order chi connectivity index (χ0) is 16.3. The van der Waals surface area contributed by atoms with Crippen LogP contribution >= 0.6 is 0 Å². The quantitative estimate of drug-likeness (QED) is 0.512. The fourth-order valence-corrected chi connectivity index (χ4v) is 3.04. The minimum Gasteiger partial charge on any atom is -0.275 e. The van der Waals surface area contributed by atoms with Crippen LogP contribution in [0.1, 0.15) is 5.56 Å². The van der Waals surface area contributed by atoms with Crippen molar-refractivity contribution < 1.29 is 8.78 Å². The lowest BCUT2D eigenvalue weighted by molar-refractivity contribution is 0.577. The molecule has 0 bridgehead atoms. The summed E-state index contributed by atoms with van der Waals surface area (Å²) in [7, 11) is 0. The third kappa shape index (κ3) is 1.63. The van der Waals surface area contributed by atoms with Crippen LogP contribution in [-0.2, 0) is 0 Å². The van der Waals surface area contributed by atoms with Gasteiger partial charge in [0.05, 0.1) is 29.2 Å². The Morgan fingerprint density at radius 3 is 2.58 bits per heavy atom. The summed E-state index contributed by atoms with van der Waals surface area (Å²) in [6.45, 7) is 0. The van der Waals surface area contributed by atoms with Gasteiger partial charge in [-0.3, -0.25) is 5.10 Å². The van der Waals surface area contributed by atoms with Crippen molar-refractivity contribution >= 4 is 22.4 Å². The summed E-state index contributed by atoms with van der Waals surface area (Å²) < 4.78 is 30.2. The molecule has 7 heteroatoms. The Morgan fingerprint density at radius 2 is 1.75 bits per heavy atom. The highest BCUT2D eigenvalue weighted by Gasteiger charge is 2.25. The van der Waals surface area contributed by atoms with Crippen molar-refractivity contribution in [3.63, 3.8) is 0 Å². The van der Waals surface area contributed by atoms with Gasteiger partial charge in [-0.25, -0.2) is 18.5 Å². The fourth-order valence-electron chi connectivity index (χ4n) is 3.04. The second kappa shape index (κ2) is 4.58. The van der Waals surface area contributed by atoms with E-state index in [0.29, 0.717) is 11.4 Å². The third-order valence-electron chi connectivity index (χ3n) is 4.09. The van der Waals surface area contributed by atoms with Gasteiger partial charge in [0.25, 0.3) is 0 Å². The molecule has 24 heavy (non-hydrogen) atoms. The first-order valence-electron chi connectivity index (χ1n) is 7.28. The third-order valence-corrected chi connectivity index (χ3v) is 4.09. The van der Waals surface area contributed by atoms with E-state index < -0.39 is 11.6 Å². The molecule has 5 nitrogen and oxygen atoms in total. The van der Waals surface area contributed by atoms with Crippen molar-refractivity contribution in [2.45, 2.75) is 0 Å². The van der Waals surface area contributed by atoms with Crippen LogP contribution in [0.2, 0.25) is 0 Å². The van der Waals surface area contributed by atoms with Gasteiger partial charge in [-0.2, -0.15) is 10.2 Å². The number of hydrogen-bond acceptors (Lipinski definition) is 3. The Balaban J connectivity index is 1.95. The maximum Gasteiger partial charge on any atom is 0.167 e. The summed E-state index contributed by atoms with van der Waals surface area (Å²) in [6, 6.07) is 9.40. The Bertz CT molecular complexity index is 1120. The number of aliphatic imine (C=N–C) groups is 1. The first-order valence-corrected chi connectivity index (χ1v) is 7.28. The van der Waals surface area contributed by atoms with E-state index in [4.69, 9.17) is 0 Å². The summed E-state index contributed by atoms with van der Waals surface area (Å²) in [5, 5.41) is 12.1. The molecule has 0 unspecified atom stereocenters. The van der Waals surface area contributed by atoms with Crippen molar-refractivity contribution in [1.29, 1.82) is 0 Å². The van der Waals surface area contributed by atoms with Crippen molar-refractivity contribution in [3.05, 3.63) is 66.0 Å². The SMILES string of the molecule is Fc1cccc(F)c1C1=Nc2cn[nH]c2-c2cccc3cnn1c23. The molecule has 3 heterocycles. The number of benzene rings is 2. The lowest BCUT2D eigenvalue weighted by atomic mass is 10.1. The van der Waals surface area contributed by atoms with Gasteiger partial charge in [-0.1, -0.05) is 24.3 Å². The average molecular weight is 321 g/mol. The number of rotatable bonds is 1. The van der Waals surface area contributed by atoms with Crippen LogP contribution in [0.4, 0.5) is 14.5 Å². The van der Waals surface area contributed by atoms with Gasteiger partial charge in [0.2, 0.25) is 0 Å². The summed E-state index contributed by atoms with van der Waals surface area (Å²) >= 11 is 0. The van der Waals surface area contributed by atoms with Crippen molar-refractivity contribution in [2.75, 3.05) is 0 Å². The summed E-state index contributed by atoms with van der Waals surface area (Å²) in [6.07, 6.45) is 3.17. The predicted octanol–water partition coefficient (Wildman–Crippen LogP) is 3.64. The van der Waals surface area contributed by atoms with E-state index in [1.807, 2.05) is 18.2 Å². The second-order valence-electron chi connectivity index (χ2n) is 5.46. The summed E-state index contributed by atoms with van der Waals surface area (Å²) in [5.74, 6) is -1.29. The zero-order valence-corrected chi connectivity index (χ0v) is 12.2. The van der Waals surface area contributed by atoms with Gasteiger partial charge in [0.15, 0.2) is 5.84 Å². The number of nitrogens with one attached hydrogen (secondary N) is 1. The molecule has 116 valence electrons. The number of nitrogens with zero attached hydrogens (tertiary/aromatic N) is 4. The molecule has 0 aliphatic carbocycles. The minimum atomic E-state index is -0.693. The van der Waals surface area contributed by atoms with Crippen molar-refractivity contribution in [1.82, 2.24) is 20.0 Å². The monoisotopic (exact) mass is 321 g/mol. The Hall–Kier alpha value is -3.35. The second-order valence-corrected chi connectivity index (χ2v) is 5.46. The molecule has 1 aliphatic rings. The topological polar surface area (TPSA) is 58.9 Å². The standard InChI is InChI=1S/C17H9F2N5/c18-11-5-2-6-12(19)14(11)17-22-13-8-20-23-15(13)10-4-1-3-9-7-21-24(17)16(9)10/h1-8H,(H,20,23). The van der Waals surface area contributed by atoms with E-state index in [0.717, 1.165) is 16.5 Å². The number of fused-ring (bicyclic) bond motifs is 2. The minimum absolute atomic E-state index is 0.0909. The number of para-hydroxylation sites is 1. The number of hydrogen-bond donors (Lipinski definition) is 1. The van der Waals surface area contributed by atoms with Gasteiger partial charge < -0.3 is 0 Å². The molecule has 1 N–H and O–H groups in total. The molecule has 1 aliphatic heterocycles. The highest BCUT2D eigenvalue weighted by Crippen LogP contribution is 2.37. The fraction of sp³-hybridized carbons (Fsp3) is 0. The van der Waals surface area contributed by atoms with E-state index in [-0.39, 0.29) is 11.4 Å². The van der Waals surface area contributed by atoms with E-state index >= 15 is 0 Å². The molecule has 4 aromatic rings. The summed E-state index contributed by atoms with van der Waals surface area (Å²) in [5.41, 5.74) is 2.53. The number of halogens is 2. The smallest absolute Gasteiger partial charge is 0.167 e. The van der Waals surface area contributed by atoms with E-state index in [1.54, 1.807) is 6.20 Å². The molecule has 0 atom stereocenters. The Labute approximate surface area is 134 Å². The Kier molecular flexibility index (Phi) is 2.50. The van der Waals surface area contributed by atoms with Crippen LogP contribution in [0.3, 0.4) is 0 Å². The lowest BCUT2D eigenvalue weighted by Crippen LogP contribution is -2.18. The molecule has 0 spiro atoms. The van der Waals surface area contributed by atoms with Crippen LogP contribution in [0.25, 0.3) is 22.2 Å². The first kappa shape index (κ1) is 13.1. The van der Waals surface area contributed by atoms with Crippen LogP contribution in [0.5, 0.6) is 0 Å². The number of H-pyrrole nitrogens is 1. The maximum absolute atomic E-state index is 14.3. The van der Waals surface area contributed by atoms with Gasteiger partial charge in [-0.05, 0) is 12.1 Å². The Morgan fingerprint density at radius 1 is 0.958 bits per heavy atom. The zero-order valence-electron chi connectivity index (χ0n) is 12.2. The first-order chi connectivity index (χ1) is 11.7. The molecular weight excluding hydrogens is 312 g/mol. The van der Waals surface area contributed by atoms with Crippen molar-refractivity contribution in [2.24, 2.45) is 4.99 Å². The molecular formula is C17H9F2N5. The number of aromatic amines is 1.